The first-order valence-electron chi connectivity index (χ1n) is 5.05. The van der Waals surface area contributed by atoms with Gasteiger partial charge in [0.05, 0.1) is 0 Å². The third kappa shape index (κ3) is 6.38. The van der Waals surface area contributed by atoms with Crippen molar-refractivity contribution in [1.29, 1.82) is 0 Å². The molecule has 0 aliphatic carbocycles. The average Bonchev–Trinajstić information content (AvgIpc) is 2.33. The second-order valence-electron chi connectivity index (χ2n) is 4.09. The summed E-state index contributed by atoms with van der Waals surface area (Å²) in [4.78, 5) is 0. The molecular formula is C6F14HgO6S2. The van der Waals surface area contributed by atoms with Gasteiger partial charge in [-0.25, -0.2) is 16.8 Å². The fourth-order valence-corrected chi connectivity index (χ4v) is 1.50. The Morgan fingerprint density at radius 3 is 0.621 bits per heavy atom. The van der Waals surface area contributed by atoms with Gasteiger partial charge in [0.15, 0.2) is 20.2 Å². The Morgan fingerprint density at radius 2 is 0.586 bits per heavy atom. The summed E-state index contributed by atoms with van der Waals surface area (Å²) in [6.45, 7) is 0. The van der Waals surface area contributed by atoms with Crippen molar-refractivity contribution < 1.29 is 115 Å². The van der Waals surface area contributed by atoms with Crippen molar-refractivity contribution in [3.8, 4) is 0 Å². The molecule has 0 aliphatic heterocycles. The van der Waals surface area contributed by atoms with E-state index in [4.69, 9.17) is 0 Å². The van der Waals surface area contributed by atoms with E-state index in [0.29, 0.717) is 0 Å². The zero-order valence-electron chi connectivity index (χ0n) is 12.3. The van der Waals surface area contributed by atoms with Crippen molar-refractivity contribution in [1.82, 2.24) is 0 Å². The SMILES string of the molecule is O=S(=O)([O-])C(F)(F)C(F)(F)C(F)(F)F.O=S(=O)([O-])C(F)(F)C(F)(F)C(F)(F)F.[Hg+2]. The molecule has 29 heavy (non-hydrogen) atoms. The molecule has 6 nitrogen and oxygen atoms in total. The monoisotopic (exact) mass is 700 g/mol. The normalized spacial score (nSPS) is 15.2. The standard InChI is InChI=1S/2C3HF7O3S.Hg/c2*4-1(5,2(6,7)8)3(9,10)14(11,12)13;/h2*(H,11,12,13);/q;;+2/p-2. The largest absolute Gasteiger partial charge is 2.00 e. The fourth-order valence-electron chi connectivity index (χ4n) is 0.644. The quantitative estimate of drug-likeness (QED) is 0.254. The van der Waals surface area contributed by atoms with E-state index in [0.717, 1.165) is 0 Å². The van der Waals surface area contributed by atoms with E-state index in [1.165, 1.54) is 0 Å². The van der Waals surface area contributed by atoms with Gasteiger partial charge in [0.2, 0.25) is 0 Å². The molecule has 0 heterocycles. The molecule has 0 atom stereocenters. The van der Waals surface area contributed by atoms with Crippen LogP contribution < -0.4 is 0 Å². The summed E-state index contributed by atoms with van der Waals surface area (Å²) in [7, 11) is -14.2. The van der Waals surface area contributed by atoms with Gasteiger partial charge >= 0.3 is 62.4 Å². The Labute approximate surface area is 170 Å². The topological polar surface area (TPSA) is 114 Å². The molecule has 0 saturated carbocycles. The van der Waals surface area contributed by atoms with E-state index < -0.39 is 54.9 Å². The molecule has 172 valence electrons. The van der Waals surface area contributed by atoms with Crippen LogP contribution in [0, 0.1) is 0 Å². The first-order chi connectivity index (χ1) is 11.5. The van der Waals surface area contributed by atoms with Crippen LogP contribution in [0.4, 0.5) is 61.5 Å². The van der Waals surface area contributed by atoms with E-state index in [-0.39, 0.29) is 27.7 Å². The second kappa shape index (κ2) is 8.72. The minimum atomic E-state index is -7.10. The van der Waals surface area contributed by atoms with Crippen LogP contribution in [0.5, 0.6) is 0 Å². The third-order valence-corrected chi connectivity index (χ3v) is 3.84. The summed E-state index contributed by atoms with van der Waals surface area (Å²) >= 11 is 0. The van der Waals surface area contributed by atoms with Gasteiger partial charge in [-0.05, 0) is 0 Å². The summed E-state index contributed by atoms with van der Waals surface area (Å²) in [6, 6.07) is 0. The van der Waals surface area contributed by atoms with Gasteiger partial charge in [0.1, 0.15) is 0 Å². The third-order valence-electron chi connectivity index (χ3n) is 2.07. The Morgan fingerprint density at radius 1 is 0.448 bits per heavy atom. The van der Waals surface area contributed by atoms with Crippen LogP contribution in [0.2, 0.25) is 0 Å². The molecule has 0 aromatic heterocycles. The minimum absolute atomic E-state index is 0. The molecule has 23 heteroatoms. The van der Waals surface area contributed by atoms with Gasteiger partial charge in [-0.1, -0.05) is 0 Å². The van der Waals surface area contributed by atoms with Crippen molar-refractivity contribution in [2.75, 3.05) is 0 Å². The molecule has 0 rings (SSSR count). The number of hydrogen-bond acceptors (Lipinski definition) is 6. The maximum absolute atomic E-state index is 11.8. The van der Waals surface area contributed by atoms with Crippen molar-refractivity contribution in [3.05, 3.63) is 0 Å². The molecule has 0 aliphatic rings. The molecule has 0 spiro atoms. The zero-order valence-corrected chi connectivity index (χ0v) is 19.4. The van der Waals surface area contributed by atoms with Crippen LogP contribution in [-0.2, 0) is 47.9 Å². The van der Waals surface area contributed by atoms with Gasteiger partial charge in [0, 0.05) is 0 Å². The smallest absolute Gasteiger partial charge is 0.743 e. The molecule has 0 bridgehead atoms. The second-order valence-corrected chi connectivity index (χ2v) is 6.93. The number of alkyl halides is 14. The van der Waals surface area contributed by atoms with Crippen LogP contribution in [0.25, 0.3) is 0 Å². The van der Waals surface area contributed by atoms with E-state index in [2.05, 4.69) is 0 Å². The van der Waals surface area contributed by atoms with Crippen molar-refractivity contribution in [2.45, 2.75) is 34.7 Å². The molecule has 0 fully saturated rings. The van der Waals surface area contributed by atoms with Crippen LogP contribution in [0.3, 0.4) is 0 Å². The molecule has 0 unspecified atom stereocenters. The average molecular weight is 699 g/mol. The van der Waals surface area contributed by atoms with Gasteiger partial charge in [-0.15, -0.1) is 0 Å². The van der Waals surface area contributed by atoms with Crippen molar-refractivity contribution >= 4 is 20.2 Å². The predicted molar refractivity (Wildman–Crippen MR) is 51.3 cm³/mol. The van der Waals surface area contributed by atoms with Crippen LogP contribution in [0.15, 0.2) is 0 Å². The molecule has 0 N–H and O–H groups in total. The summed E-state index contributed by atoms with van der Waals surface area (Å²) in [5, 5.41) is -13.4. The Bertz CT molecular complexity index is 699. The predicted octanol–water partition coefficient (Wildman–Crippen LogP) is 2.64. The Balaban J connectivity index is -0.000000451. The van der Waals surface area contributed by atoms with Crippen molar-refractivity contribution in [2.24, 2.45) is 0 Å². The first kappa shape index (κ1) is 33.4. The van der Waals surface area contributed by atoms with Crippen LogP contribution >= 0.6 is 0 Å². The zero-order chi connectivity index (χ0) is 24.0. The Kier molecular flexibility index (Phi) is 10.1. The van der Waals surface area contributed by atoms with E-state index in [9.17, 15) is 87.4 Å². The van der Waals surface area contributed by atoms with Crippen LogP contribution in [0.1, 0.15) is 0 Å². The molecule has 0 amide bonds. The molecule has 0 aromatic carbocycles. The van der Waals surface area contributed by atoms with E-state index >= 15 is 0 Å². The summed E-state index contributed by atoms with van der Waals surface area (Å²) < 4.78 is 218. The van der Waals surface area contributed by atoms with Gasteiger partial charge < -0.3 is 9.11 Å². The molecule has 0 radical (unpaired) electrons. The van der Waals surface area contributed by atoms with Gasteiger partial charge in [-0.3, -0.25) is 0 Å². The summed E-state index contributed by atoms with van der Waals surface area (Å²) in [5.74, 6) is -13.8. The van der Waals surface area contributed by atoms with E-state index in [1.54, 1.807) is 0 Å². The van der Waals surface area contributed by atoms with E-state index in [1.807, 2.05) is 0 Å². The molecule has 0 aromatic rings. The van der Waals surface area contributed by atoms with Gasteiger partial charge in [0.25, 0.3) is 0 Å². The molecular weight excluding hydrogens is 699 g/mol. The first-order valence-corrected chi connectivity index (χ1v) is 7.87. The number of rotatable bonds is 4. The van der Waals surface area contributed by atoms with Crippen LogP contribution in [-0.4, -0.2) is 60.6 Å². The number of hydrogen-bond donors (Lipinski definition) is 0. The minimum Gasteiger partial charge on any atom is -0.743 e. The maximum atomic E-state index is 11.8. The Hall–Kier alpha value is -0.225. The fraction of sp³-hybridized carbons (Fsp3) is 1.00. The van der Waals surface area contributed by atoms with Crippen molar-refractivity contribution in [3.63, 3.8) is 0 Å². The summed E-state index contributed by atoms with van der Waals surface area (Å²) in [5.41, 5.74) is 0. The number of halogens is 14. The molecule has 0 saturated heterocycles. The summed E-state index contributed by atoms with van der Waals surface area (Å²) in [6.07, 6.45) is -13.7. The van der Waals surface area contributed by atoms with Gasteiger partial charge in [-0.2, -0.15) is 61.5 Å². The maximum Gasteiger partial charge on any atom is 2.00 e.